The average molecular weight is 430 g/mol. The number of rotatable bonds is 7. The number of nitrogens with zero attached hydrogens (tertiary/aromatic N) is 6. The first kappa shape index (κ1) is 20.7. The standard InChI is InChI=1S/C20H27N7O2S/c1-26(12-16-11-21-9-10-22-16)30(28,29)13-15-3-5-17(6-4-15)27(2)20-18-7-8-23-19(18)24-14-25-20/h7-11,14-15,17H,3-6,12-13H2,1-2H3,(H,23,24,25)/t15-,17-. The highest BCUT2D eigenvalue weighted by atomic mass is 32.2. The van der Waals surface area contributed by atoms with Crippen LogP contribution < -0.4 is 4.90 Å². The maximum Gasteiger partial charge on any atom is 0.214 e. The summed E-state index contributed by atoms with van der Waals surface area (Å²) in [5.74, 6) is 1.26. The van der Waals surface area contributed by atoms with Crippen LogP contribution in [0.4, 0.5) is 5.82 Å². The largest absolute Gasteiger partial charge is 0.356 e. The van der Waals surface area contributed by atoms with Crippen LogP contribution in [0.2, 0.25) is 0 Å². The van der Waals surface area contributed by atoms with Crippen molar-refractivity contribution in [3.05, 3.63) is 42.9 Å². The van der Waals surface area contributed by atoms with Crippen LogP contribution in [0, 0.1) is 5.92 Å². The van der Waals surface area contributed by atoms with E-state index in [1.165, 1.54) is 4.31 Å². The van der Waals surface area contributed by atoms with Gasteiger partial charge in [0.05, 0.1) is 23.4 Å². The highest BCUT2D eigenvalue weighted by Crippen LogP contribution is 2.32. The van der Waals surface area contributed by atoms with Gasteiger partial charge >= 0.3 is 0 Å². The summed E-state index contributed by atoms with van der Waals surface area (Å²) in [7, 11) is 0.330. The van der Waals surface area contributed by atoms with Crippen LogP contribution in [-0.4, -0.2) is 63.5 Å². The Balaban J connectivity index is 1.34. The van der Waals surface area contributed by atoms with Gasteiger partial charge in [0.1, 0.15) is 17.8 Å². The summed E-state index contributed by atoms with van der Waals surface area (Å²) in [5, 5.41) is 1.01. The maximum atomic E-state index is 12.8. The lowest BCUT2D eigenvalue weighted by Gasteiger charge is -2.35. The predicted molar refractivity (Wildman–Crippen MR) is 115 cm³/mol. The fraction of sp³-hybridized carbons (Fsp3) is 0.500. The van der Waals surface area contributed by atoms with Crippen LogP contribution >= 0.6 is 0 Å². The molecular formula is C20H27N7O2S. The Labute approximate surface area is 176 Å². The maximum absolute atomic E-state index is 12.8. The van der Waals surface area contributed by atoms with Crippen LogP contribution in [0.25, 0.3) is 11.0 Å². The van der Waals surface area contributed by atoms with E-state index < -0.39 is 10.0 Å². The minimum Gasteiger partial charge on any atom is -0.356 e. The lowest BCUT2D eigenvalue weighted by Crippen LogP contribution is -2.38. The van der Waals surface area contributed by atoms with Gasteiger partial charge in [0, 0.05) is 44.9 Å². The Morgan fingerprint density at radius 1 is 1.10 bits per heavy atom. The van der Waals surface area contributed by atoms with Crippen LogP contribution in [0.15, 0.2) is 37.2 Å². The van der Waals surface area contributed by atoms with Crippen molar-refractivity contribution in [2.75, 3.05) is 24.7 Å². The molecule has 0 aromatic carbocycles. The van der Waals surface area contributed by atoms with E-state index in [4.69, 9.17) is 0 Å². The Hall–Kier alpha value is -2.59. The van der Waals surface area contributed by atoms with E-state index in [2.05, 4.69) is 36.9 Å². The molecule has 0 aliphatic heterocycles. The Kier molecular flexibility index (Phi) is 5.96. The zero-order chi connectivity index (χ0) is 21.1. The van der Waals surface area contributed by atoms with Crippen molar-refractivity contribution in [3.63, 3.8) is 0 Å². The van der Waals surface area contributed by atoms with Crippen molar-refractivity contribution in [3.8, 4) is 0 Å². The number of aromatic amines is 1. The molecule has 1 fully saturated rings. The molecule has 1 aliphatic carbocycles. The summed E-state index contributed by atoms with van der Waals surface area (Å²) in [6, 6.07) is 2.33. The molecule has 0 radical (unpaired) electrons. The van der Waals surface area contributed by atoms with Gasteiger partial charge < -0.3 is 9.88 Å². The topological polar surface area (TPSA) is 108 Å². The Bertz CT molecular complexity index is 1080. The van der Waals surface area contributed by atoms with Crippen molar-refractivity contribution in [2.24, 2.45) is 5.92 Å². The number of hydrogen-bond acceptors (Lipinski definition) is 7. The molecule has 1 N–H and O–H groups in total. The number of hydrogen-bond donors (Lipinski definition) is 1. The SMILES string of the molecule is CN(Cc1cnccn1)S(=O)(=O)C[C@H]1CC[C@H](N(C)c2ncnc3[nH]ccc23)CC1. The average Bonchev–Trinajstić information content (AvgIpc) is 3.23. The van der Waals surface area contributed by atoms with Gasteiger partial charge in [-0.1, -0.05) is 0 Å². The number of H-pyrrole nitrogens is 1. The van der Waals surface area contributed by atoms with Gasteiger partial charge in [0.15, 0.2) is 0 Å². The summed E-state index contributed by atoms with van der Waals surface area (Å²) >= 11 is 0. The van der Waals surface area contributed by atoms with E-state index in [0.29, 0.717) is 11.7 Å². The first-order valence-corrected chi connectivity index (χ1v) is 11.7. The molecule has 160 valence electrons. The molecule has 3 heterocycles. The second kappa shape index (κ2) is 8.65. The van der Waals surface area contributed by atoms with Crippen LogP contribution in [0.3, 0.4) is 0 Å². The van der Waals surface area contributed by atoms with Crippen LogP contribution in [0.1, 0.15) is 31.4 Å². The minimum atomic E-state index is -3.34. The Morgan fingerprint density at radius 2 is 1.90 bits per heavy atom. The highest BCUT2D eigenvalue weighted by molar-refractivity contribution is 7.89. The highest BCUT2D eigenvalue weighted by Gasteiger charge is 2.30. The lowest BCUT2D eigenvalue weighted by atomic mass is 9.86. The molecule has 0 bridgehead atoms. The molecule has 0 unspecified atom stereocenters. The van der Waals surface area contributed by atoms with Gasteiger partial charge in [0.2, 0.25) is 10.0 Å². The van der Waals surface area contributed by atoms with Crippen molar-refractivity contribution in [1.82, 2.24) is 29.2 Å². The van der Waals surface area contributed by atoms with Gasteiger partial charge in [-0.05, 0) is 37.7 Å². The summed E-state index contributed by atoms with van der Waals surface area (Å²) in [6.45, 7) is 0.245. The molecule has 0 spiro atoms. The van der Waals surface area contributed by atoms with E-state index in [-0.39, 0.29) is 18.2 Å². The first-order chi connectivity index (χ1) is 14.4. The monoisotopic (exact) mass is 429 g/mol. The molecule has 9 nitrogen and oxygen atoms in total. The molecule has 3 aromatic heterocycles. The van der Waals surface area contributed by atoms with E-state index >= 15 is 0 Å². The zero-order valence-corrected chi connectivity index (χ0v) is 18.1. The van der Waals surface area contributed by atoms with Crippen molar-refractivity contribution in [2.45, 2.75) is 38.3 Å². The van der Waals surface area contributed by atoms with Crippen LogP contribution in [-0.2, 0) is 16.6 Å². The number of nitrogens with one attached hydrogen (secondary N) is 1. The fourth-order valence-corrected chi connectivity index (χ4v) is 5.69. The molecule has 4 rings (SSSR count). The molecule has 1 saturated carbocycles. The third kappa shape index (κ3) is 4.44. The lowest BCUT2D eigenvalue weighted by molar-refractivity contribution is 0.335. The van der Waals surface area contributed by atoms with Gasteiger partial charge in [-0.3, -0.25) is 9.97 Å². The first-order valence-electron chi connectivity index (χ1n) is 10.1. The summed E-state index contributed by atoms with van der Waals surface area (Å²) in [5.41, 5.74) is 1.48. The number of fused-ring (bicyclic) bond motifs is 1. The van der Waals surface area contributed by atoms with Gasteiger partial charge in [-0.2, -0.15) is 4.31 Å². The van der Waals surface area contributed by atoms with Gasteiger partial charge in [-0.25, -0.2) is 18.4 Å². The third-order valence-corrected chi connectivity index (χ3v) is 7.92. The van der Waals surface area contributed by atoms with Crippen molar-refractivity contribution >= 4 is 26.9 Å². The summed E-state index contributed by atoms with van der Waals surface area (Å²) in [6.07, 6.45) is 11.9. The summed E-state index contributed by atoms with van der Waals surface area (Å²) < 4.78 is 27.0. The van der Waals surface area contributed by atoms with Gasteiger partial charge in [0.25, 0.3) is 0 Å². The minimum absolute atomic E-state index is 0.168. The molecule has 0 atom stereocenters. The zero-order valence-electron chi connectivity index (χ0n) is 17.3. The summed E-state index contributed by atoms with van der Waals surface area (Å²) in [4.78, 5) is 22.2. The number of anilines is 1. The molecule has 0 saturated heterocycles. The smallest absolute Gasteiger partial charge is 0.214 e. The van der Waals surface area contributed by atoms with Crippen molar-refractivity contribution < 1.29 is 8.42 Å². The van der Waals surface area contributed by atoms with E-state index in [9.17, 15) is 8.42 Å². The number of sulfonamides is 1. The second-order valence-electron chi connectivity index (χ2n) is 7.95. The third-order valence-electron chi connectivity index (χ3n) is 5.95. The van der Waals surface area contributed by atoms with E-state index in [1.807, 2.05) is 12.3 Å². The van der Waals surface area contributed by atoms with E-state index in [1.54, 1.807) is 32.0 Å². The molecule has 3 aromatic rings. The number of aromatic nitrogens is 5. The van der Waals surface area contributed by atoms with Crippen molar-refractivity contribution in [1.29, 1.82) is 0 Å². The van der Waals surface area contributed by atoms with Crippen LogP contribution in [0.5, 0.6) is 0 Å². The van der Waals surface area contributed by atoms with E-state index in [0.717, 1.165) is 42.5 Å². The quantitative estimate of drug-likeness (QED) is 0.613. The molecule has 1 aliphatic rings. The van der Waals surface area contributed by atoms with Gasteiger partial charge in [-0.15, -0.1) is 0 Å². The normalized spacial score (nSPS) is 20.0. The predicted octanol–water partition coefficient (Wildman–Crippen LogP) is 2.20. The Morgan fingerprint density at radius 3 is 2.63 bits per heavy atom. The second-order valence-corrected chi connectivity index (χ2v) is 10.1. The molecule has 10 heteroatoms. The fourth-order valence-electron chi connectivity index (χ4n) is 4.17. The molecular weight excluding hydrogens is 402 g/mol. The molecule has 0 amide bonds. The molecule has 30 heavy (non-hydrogen) atoms.